The fourth-order valence-electron chi connectivity index (χ4n) is 2.51. The molecule has 0 unspecified atom stereocenters. The summed E-state index contributed by atoms with van der Waals surface area (Å²) < 4.78 is 47.9. The van der Waals surface area contributed by atoms with Crippen molar-refractivity contribution in [2.45, 2.75) is 32.4 Å². The molecule has 0 aromatic rings. The van der Waals surface area contributed by atoms with Crippen molar-refractivity contribution < 1.29 is 27.4 Å². The molecule has 0 bridgehead atoms. The molecule has 1 rings (SSSR count). The highest BCUT2D eigenvalue weighted by Crippen LogP contribution is 2.15. The molecular weight excluding hydrogens is 365 g/mol. The molecule has 7 nitrogen and oxygen atoms in total. The number of guanidine groups is 1. The third-order valence-electron chi connectivity index (χ3n) is 4.01. The Labute approximate surface area is 158 Å². The number of likely N-dealkylation sites (N-methyl/N-ethyl adjacent to an activating group) is 1. The molecule has 0 atom stereocenters. The molecule has 0 aromatic heterocycles. The molecule has 0 spiro atoms. The van der Waals surface area contributed by atoms with Crippen molar-refractivity contribution in [2.75, 3.05) is 59.7 Å². The van der Waals surface area contributed by atoms with Gasteiger partial charge in [0.05, 0.1) is 0 Å². The number of carbonyl (C=O) groups is 1. The first-order valence-electron chi connectivity index (χ1n) is 9.30. The minimum absolute atomic E-state index is 0.345. The van der Waals surface area contributed by atoms with Crippen LogP contribution in [0.15, 0.2) is 4.99 Å². The van der Waals surface area contributed by atoms with Crippen molar-refractivity contribution in [3.8, 4) is 0 Å². The summed E-state index contributed by atoms with van der Waals surface area (Å²) in [5.41, 5.74) is 0. The van der Waals surface area contributed by atoms with Crippen molar-refractivity contribution >= 4 is 11.9 Å². The lowest BCUT2D eigenvalue weighted by Gasteiger charge is -2.21. The zero-order valence-corrected chi connectivity index (χ0v) is 16.1. The number of hydrogen-bond donors (Lipinski definition) is 2. The summed E-state index contributed by atoms with van der Waals surface area (Å²) in [5, 5.41) is 6.01. The highest BCUT2D eigenvalue weighted by atomic mass is 19.4. The number of rotatable bonds is 10. The van der Waals surface area contributed by atoms with Crippen LogP contribution >= 0.6 is 0 Å². The number of carbonyl (C=O) groups excluding carboxylic acids is 1. The van der Waals surface area contributed by atoms with Crippen LogP contribution in [0, 0.1) is 5.92 Å². The van der Waals surface area contributed by atoms with E-state index in [1.54, 1.807) is 0 Å². The van der Waals surface area contributed by atoms with Gasteiger partial charge in [0, 0.05) is 46.6 Å². The van der Waals surface area contributed by atoms with Gasteiger partial charge in [0.25, 0.3) is 0 Å². The van der Waals surface area contributed by atoms with Crippen LogP contribution in [0.5, 0.6) is 0 Å². The Morgan fingerprint density at radius 1 is 1.30 bits per heavy atom. The van der Waals surface area contributed by atoms with Gasteiger partial charge in [-0.25, -0.2) is 4.99 Å². The summed E-state index contributed by atoms with van der Waals surface area (Å²) in [6.45, 7) is 4.35. The SMILES string of the molecule is CCNC(=NCC(=O)N(C)CC(F)(F)F)NCCCOCC1CCOCC1. The Hall–Kier alpha value is -1.55. The second-order valence-electron chi connectivity index (χ2n) is 6.47. The van der Waals surface area contributed by atoms with Gasteiger partial charge in [0.1, 0.15) is 13.1 Å². The number of halogens is 3. The van der Waals surface area contributed by atoms with E-state index in [0.29, 0.717) is 36.5 Å². The second-order valence-corrected chi connectivity index (χ2v) is 6.47. The topological polar surface area (TPSA) is 75.2 Å². The van der Waals surface area contributed by atoms with E-state index in [-0.39, 0.29) is 6.54 Å². The molecule has 1 aliphatic heterocycles. The van der Waals surface area contributed by atoms with Gasteiger partial charge in [-0.05, 0) is 32.1 Å². The van der Waals surface area contributed by atoms with Crippen molar-refractivity contribution in [1.82, 2.24) is 15.5 Å². The van der Waals surface area contributed by atoms with Crippen molar-refractivity contribution in [3.63, 3.8) is 0 Å². The van der Waals surface area contributed by atoms with Gasteiger partial charge in [0.15, 0.2) is 5.96 Å². The summed E-state index contributed by atoms with van der Waals surface area (Å²) >= 11 is 0. The fraction of sp³-hybridized carbons (Fsp3) is 0.882. The summed E-state index contributed by atoms with van der Waals surface area (Å²) in [6, 6.07) is 0. The summed E-state index contributed by atoms with van der Waals surface area (Å²) in [4.78, 5) is 16.4. The lowest BCUT2D eigenvalue weighted by atomic mass is 10.0. The fourth-order valence-corrected chi connectivity index (χ4v) is 2.51. The van der Waals surface area contributed by atoms with Gasteiger partial charge in [-0.15, -0.1) is 0 Å². The van der Waals surface area contributed by atoms with E-state index in [0.717, 1.165) is 46.1 Å². The molecule has 2 N–H and O–H groups in total. The molecule has 158 valence electrons. The predicted molar refractivity (Wildman–Crippen MR) is 96.7 cm³/mol. The smallest absolute Gasteiger partial charge is 0.381 e. The largest absolute Gasteiger partial charge is 0.406 e. The summed E-state index contributed by atoms with van der Waals surface area (Å²) in [5.74, 6) is 0.269. The maximum Gasteiger partial charge on any atom is 0.406 e. The van der Waals surface area contributed by atoms with Crippen molar-refractivity contribution in [1.29, 1.82) is 0 Å². The molecule has 0 saturated carbocycles. The molecular formula is C17H31F3N4O3. The quantitative estimate of drug-likeness (QED) is 0.332. The van der Waals surface area contributed by atoms with Crippen LogP contribution in [0.3, 0.4) is 0 Å². The van der Waals surface area contributed by atoms with Crippen LogP contribution in [0.2, 0.25) is 0 Å². The number of hydrogen-bond acceptors (Lipinski definition) is 4. The first-order chi connectivity index (χ1) is 12.8. The molecule has 10 heteroatoms. The number of aliphatic imine (C=N–C) groups is 1. The van der Waals surface area contributed by atoms with E-state index >= 15 is 0 Å². The van der Waals surface area contributed by atoms with Crippen LogP contribution < -0.4 is 10.6 Å². The van der Waals surface area contributed by atoms with Crippen LogP contribution in [0.25, 0.3) is 0 Å². The number of ether oxygens (including phenoxy) is 2. The lowest BCUT2D eigenvalue weighted by molar-refractivity contribution is -0.157. The zero-order valence-electron chi connectivity index (χ0n) is 16.1. The molecule has 0 radical (unpaired) electrons. The average molecular weight is 396 g/mol. The van der Waals surface area contributed by atoms with Crippen molar-refractivity contribution in [3.05, 3.63) is 0 Å². The van der Waals surface area contributed by atoms with Crippen LogP contribution in [0.4, 0.5) is 13.2 Å². The Morgan fingerprint density at radius 2 is 2.00 bits per heavy atom. The van der Waals surface area contributed by atoms with Crippen molar-refractivity contribution in [2.24, 2.45) is 10.9 Å². The maximum atomic E-state index is 12.3. The molecule has 1 amide bonds. The Morgan fingerprint density at radius 3 is 2.63 bits per heavy atom. The van der Waals surface area contributed by atoms with Crippen LogP contribution in [-0.4, -0.2) is 82.6 Å². The van der Waals surface area contributed by atoms with E-state index in [1.807, 2.05) is 6.92 Å². The first-order valence-corrected chi connectivity index (χ1v) is 9.30. The molecule has 0 aliphatic carbocycles. The summed E-state index contributed by atoms with van der Waals surface area (Å²) in [7, 11) is 1.11. The third kappa shape index (κ3) is 11.7. The minimum atomic E-state index is -4.42. The highest BCUT2D eigenvalue weighted by molar-refractivity contribution is 5.84. The Bertz CT molecular complexity index is 455. The van der Waals surface area contributed by atoms with Gasteiger partial charge >= 0.3 is 6.18 Å². The standard InChI is InChI=1S/C17H31F3N4O3/c1-3-21-16(23-11-15(25)24(2)13-17(18,19)20)22-7-4-8-27-12-14-5-9-26-10-6-14/h14H,3-13H2,1-2H3,(H2,21,22,23). The van der Waals surface area contributed by atoms with Crippen LogP contribution in [0.1, 0.15) is 26.2 Å². The minimum Gasteiger partial charge on any atom is -0.381 e. The normalized spacial score (nSPS) is 16.3. The number of nitrogens with zero attached hydrogens (tertiary/aromatic N) is 2. The van der Waals surface area contributed by atoms with Gasteiger partial charge in [-0.1, -0.05) is 0 Å². The Balaban J connectivity index is 2.23. The van der Waals surface area contributed by atoms with Crippen LogP contribution in [-0.2, 0) is 14.3 Å². The van der Waals surface area contributed by atoms with Gasteiger partial charge < -0.3 is 25.0 Å². The molecule has 1 aliphatic rings. The molecule has 1 fully saturated rings. The van der Waals surface area contributed by atoms with Gasteiger partial charge in [-0.2, -0.15) is 13.2 Å². The third-order valence-corrected chi connectivity index (χ3v) is 4.01. The van der Waals surface area contributed by atoms with Gasteiger partial charge in [-0.3, -0.25) is 4.79 Å². The molecule has 1 heterocycles. The van der Waals surface area contributed by atoms with Gasteiger partial charge in [0.2, 0.25) is 5.91 Å². The second kappa shape index (κ2) is 12.8. The zero-order chi connectivity index (χ0) is 20.1. The lowest BCUT2D eigenvalue weighted by Crippen LogP contribution is -2.40. The predicted octanol–water partition coefficient (Wildman–Crippen LogP) is 1.40. The average Bonchev–Trinajstić information content (AvgIpc) is 2.61. The summed E-state index contributed by atoms with van der Waals surface area (Å²) in [6.07, 6.45) is -1.59. The van der Waals surface area contributed by atoms with E-state index in [9.17, 15) is 18.0 Å². The maximum absolute atomic E-state index is 12.3. The number of amides is 1. The Kier molecular flexibility index (Phi) is 11.1. The molecule has 0 aromatic carbocycles. The highest BCUT2D eigenvalue weighted by Gasteiger charge is 2.31. The monoisotopic (exact) mass is 396 g/mol. The first kappa shape index (κ1) is 23.5. The van der Waals surface area contributed by atoms with E-state index in [4.69, 9.17) is 9.47 Å². The number of nitrogens with one attached hydrogen (secondary N) is 2. The van der Waals surface area contributed by atoms with E-state index in [1.165, 1.54) is 0 Å². The molecule has 27 heavy (non-hydrogen) atoms. The molecule has 1 saturated heterocycles. The number of alkyl halides is 3. The van der Waals surface area contributed by atoms with E-state index in [2.05, 4.69) is 15.6 Å². The van der Waals surface area contributed by atoms with E-state index < -0.39 is 18.6 Å².